The molecule has 2 heteroatoms. The van der Waals surface area contributed by atoms with Gasteiger partial charge in [-0.05, 0) is 57.5 Å². The molecule has 1 saturated heterocycles. The quantitative estimate of drug-likeness (QED) is 0.798. The minimum atomic E-state index is 0.640. The van der Waals surface area contributed by atoms with Gasteiger partial charge in [0, 0.05) is 12.1 Å². The molecule has 0 spiro atoms. The average molecular weight is 224 g/mol. The van der Waals surface area contributed by atoms with Crippen molar-refractivity contribution >= 4 is 0 Å². The molecule has 0 bridgehead atoms. The van der Waals surface area contributed by atoms with Gasteiger partial charge in [0.05, 0.1) is 0 Å². The maximum atomic E-state index is 5.82. The molecule has 2 fully saturated rings. The van der Waals surface area contributed by atoms with Crippen molar-refractivity contribution in [3.05, 3.63) is 0 Å². The van der Waals surface area contributed by atoms with Crippen LogP contribution in [0.3, 0.4) is 0 Å². The molecule has 2 N–H and O–H groups in total. The van der Waals surface area contributed by atoms with Crippen LogP contribution in [0.15, 0.2) is 0 Å². The molecule has 2 unspecified atom stereocenters. The van der Waals surface area contributed by atoms with Crippen molar-refractivity contribution < 1.29 is 0 Å². The van der Waals surface area contributed by atoms with Crippen LogP contribution in [0.25, 0.3) is 0 Å². The van der Waals surface area contributed by atoms with Crippen LogP contribution < -0.4 is 5.73 Å². The van der Waals surface area contributed by atoms with Crippen LogP contribution in [0, 0.1) is 11.8 Å². The fourth-order valence-electron chi connectivity index (χ4n) is 3.69. The Bertz CT molecular complexity index is 215. The Morgan fingerprint density at radius 1 is 1.12 bits per heavy atom. The molecule has 2 aliphatic rings. The lowest BCUT2D eigenvalue weighted by Crippen LogP contribution is -2.53. The summed E-state index contributed by atoms with van der Waals surface area (Å²) in [6.07, 6.45) is 8.71. The van der Waals surface area contributed by atoms with Crippen LogP contribution in [0.1, 0.15) is 52.4 Å². The smallest absolute Gasteiger partial charge is 0.0126 e. The zero-order chi connectivity index (χ0) is 11.5. The van der Waals surface area contributed by atoms with E-state index in [1.54, 1.807) is 0 Å². The van der Waals surface area contributed by atoms with E-state index in [9.17, 15) is 0 Å². The van der Waals surface area contributed by atoms with Gasteiger partial charge in [0.2, 0.25) is 0 Å². The molecule has 0 amide bonds. The summed E-state index contributed by atoms with van der Waals surface area (Å²) in [7, 11) is 0. The molecular formula is C14H28N2. The van der Waals surface area contributed by atoms with E-state index < -0.39 is 0 Å². The fraction of sp³-hybridized carbons (Fsp3) is 1.00. The first-order valence-corrected chi connectivity index (χ1v) is 7.20. The highest BCUT2D eigenvalue weighted by atomic mass is 15.2. The third kappa shape index (κ3) is 2.43. The van der Waals surface area contributed by atoms with Crippen molar-refractivity contribution in [1.29, 1.82) is 0 Å². The number of rotatable bonds is 3. The molecule has 0 aromatic rings. The molecule has 1 saturated carbocycles. The second kappa shape index (κ2) is 5.50. The van der Waals surface area contributed by atoms with Gasteiger partial charge in [0.1, 0.15) is 0 Å². The van der Waals surface area contributed by atoms with Crippen LogP contribution in [0.4, 0.5) is 0 Å². The Morgan fingerprint density at radius 2 is 1.81 bits per heavy atom. The number of hydrogen-bond donors (Lipinski definition) is 1. The van der Waals surface area contributed by atoms with Gasteiger partial charge < -0.3 is 5.73 Å². The highest BCUT2D eigenvalue weighted by Gasteiger charge is 2.36. The Morgan fingerprint density at radius 3 is 2.56 bits per heavy atom. The Kier molecular flexibility index (Phi) is 4.26. The molecular weight excluding hydrogens is 196 g/mol. The monoisotopic (exact) mass is 224 g/mol. The van der Waals surface area contributed by atoms with Crippen molar-refractivity contribution in [2.24, 2.45) is 17.6 Å². The van der Waals surface area contributed by atoms with Crippen molar-refractivity contribution in [2.75, 3.05) is 13.1 Å². The standard InChI is InChI=1S/C14H28N2/c1-11(10-15)12(2)16-9-5-7-13-6-3-4-8-14(13)16/h11-14H,3-10,15H2,1-2H3/t11?,12?,13-,14-/m1/s1. The molecule has 94 valence electrons. The first kappa shape index (κ1) is 12.4. The van der Waals surface area contributed by atoms with Crippen molar-refractivity contribution in [1.82, 2.24) is 4.90 Å². The van der Waals surface area contributed by atoms with Crippen LogP contribution in [0.2, 0.25) is 0 Å². The SMILES string of the molecule is CC(CN)C(C)N1CCC[C@H]2CCCC[C@H]21. The maximum absolute atomic E-state index is 5.82. The average Bonchev–Trinajstić information content (AvgIpc) is 2.36. The number of hydrogen-bond acceptors (Lipinski definition) is 2. The molecule has 1 aliphatic carbocycles. The van der Waals surface area contributed by atoms with E-state index in [1.807, 2.05) is 0 Å². The van der Waals surface area contributed by atoms with E-state index in [0.29, 0.717) is 12.0 Å². The minimum absolute atomic E-state index is 0.640. The number of piperidine rings is 1. The van der Waals surface area contributed by atoms with Crippen LogP contribution >= 0.6 is 0 Å². The Balaban J connectivity index is 2.01. The Labute approximate surface area is 101 Å². The largest absolute Gasteiger partial charge is 0.330 e. The summed E-state index contributed by atoms with van der Waals surface area (Å²) < 4.78 is 0. The van der Waals surface area contributed by atoms with Crippen LogP contribution in [-0.4, -0.2) is 30.1 Å². The second-order valence-corrected chi connectivity index (χ2v) is 5.95. The molecule has 16 heavy (non-hydrogen) atoms. The van der Waals surface area contributed by atoms with E-state index >= 15 is 0 Å². The summed E-state index contributed by atoms with van der Waals surface area (Å²) in [5, 5.41) is 0. The van der Waals surface area contributed by atoms with E-state index in [4.69, 9.17) is 5.73 Å². The van der Waals surface area contributed by atoms with Gasteiger partial charge in [-0.25, -0.2) is 0 Å². The summed E-state index contributed by atoms with van der Waals surface area (Å²) in [6, 6.07) is 1.56. The highest BCUT2D eigenvalue weighted by Crippen LogP contribution is 2.36. The molecule has 1 heterocycles. The fourth-order valence-corrected chi connectivity index (χ4v) is 3.69. The van der Waals surface area contributed by atoms with Gasteiger partial charge in [-0.15, -0.1) is 0 Å². The summed E-state index contributed by atoms with van der Waals surface area (Å²) >= 11 is 0. The van der Waals surface area contributed by atoms with Crippen LogP contribution in [-0.2, 0) is 0 Å². The Hall–Kier alpha value is -0.0800. The van der Waals surface area contributed by atoms with Gasteiger partial charge in [-0.2, -0.15) is 0 Å². The van der Waals surface area contributed by atoms with E-state index in [1.165, 1.54) is 45.1 Å². The van der Waals surface area contributed by atoms with Gasteiger partial charge >= 0.3 is 0 Å². The molecule has 2 nitrogen and oxygen atoms in total. The molecule has 4 atom stereocenters. The van der Waals surface area contributed by atoms with Gasteiger partial charge in [0.15, 0.2) is 0 Å². The first-order valence-electron chi connectivity index (χ1n) is 7.20. The summed E-state index contributed by atoms with van der Waals surface area (Å²) in [6.45, 7) is 6.83. The van der Waals surface area contributed by atoms with Gasteiger partial charge in [-0.1, -0.05) is 19.8 Å². The molecule has 0 radical (unpaired) electrons. The van der Waals surface area contributed by atoms with E-state index in [0.717, 1.165) is 18.5 Å². The maximum Gasteiger partial charge on any atom is 0.0126 e. The number of nitrogens with zero attached hydrogens (tertiary/aromatic N) is 1. The zero-order valence-corrected chi connectivity index (χ0v) is 11.0. The summed E-state index contributed by atoms with van der Waals surface area (Å²) in [5.74, 6) is 1.63. The zero-order valence-electron chi connectivity index (χ0n) is 11.0. The topological polar surface area (TPSA) is 29.3 Å². The lowest BCUT2D eigenvalue weighted by atomic mass is 9.77. The molecule has 2 rings (SSSR count). The second-order valence-electron chi connectivity index (χ2n) is 5.95. The normalized spacial score (nSPS) is 35.4. The number of fused-ring (bicyclic) bond motifs is 1. The predicted molar refractivity (Wildman–Crippen MR) is 69.4 cm³/mol. The molecule has 0 aromatic carbocycles. The van der Waals surface area contributed by atoms with E-state index in [-0.39, 0.29) is 0 Å². The lowest BCUT2D eigenvalue weighted by molar-refractivity contribution is 0.0153. The molecule has 0 aromatic heterocycles. The number of likely N-dealkylation sites (tertiary alicyclic amines) is 1. The van der Waals surface area contributed by atoms with Gasteiger partial charge in [-0.3, -0.25) is 4.90 Å². The summed E-state index contributed by atoms with van der Waals surface area (Å²) in [4.78, 5) is 2.78. The number of nitrogens with two attached hydrogens (primary N) is 1. The van der Waals surface area contributed by atoms with Crippen molar-refractivity contribution in [2.45, 2.75) is 64.5 Å². The third-order valence-corrected chi connectivity index (χ3v) is 5.00. The predicted octanol–water partition coefficient (Wildman–Crippen LogP) is 2.62. The van der Waals surface area contributed by atoms with Crippen LogP contribution in [0.5, 0.6) is 0 Å². The van der Waals surface area contributed by atoms with Gasteiger partial charge in [0.25, 0.3) is 0 Å². The van der Waals surface area contributed by atoms with Crippen molar-refractivity contribution in [3.63, 3.8) is 0 Å². The third-order valence-electron chi connectivity index (χ3n) is 5.00. The lowest BCUT2D eigenvalue weighted by Gasteiger charge is -2.48. The molecule has 1 aliphatic heterocycles. The van der Waals surface area contributed by atoms with Crippen molar-refractivity contribution in [3.8, 4) is 0 Å². The first-order chi connectivity index (χ1) is 7.74. The summed E-state index contributed by atoms with van der Waals surface area (Å²) in [5.41, 5.74) is 5.82. The van der Waals surface area contributed by atoms with E-state index in [2.05, 4.69) is 18.7 Å². The highest BCUT2D eigenvalue weighted by molar-refractivity contribution is 4.90. The minimum Gasteiger partial charge on any atom is -0.330 e.